The molecule has 1 aromatic carbocycles. The molecule has 6 heteroatoms. The molecule has 0 aliphatic carbocycles. The second-order valence-electron chi connectivity index (χ2n) is 4.33. The molecule has 0 radical (unpaired) electrons. The average Bonchev–Trinajstić information content (AvgIpc) is 2.50. The summed E-state index contributed by atoms with van der Waals surface area (Å²) < 4.78 is 12.4. The van der Waals surface area contributed by atoms with Crippen molar-refractivity contribution in [3.05, 3.63) is 51.0 Å². The Morgan fingerprint density at radius 3 is 2.62 bits per heavy atom. The third-order valence-electron chi connectivity index (χ3n) is 2.75. The van der Waals surface area contributed by atoms with Gasteiger partial charge >= 0.3 is 0 Å². The third kappa shape index (κ3) is 5.30. The molecule has 0 fully saturated rings. The Morgan fingerprint density at radius 2 is 1.95 bits per heavy atom. The largest absolute Gasteiger partial charge is 0.475 e. The smallest absolute Gasteiger partial charge is 0.213 e. The molecule has 1 aromatic heterocycles. The highest BCUT2D eigenvalue weighted by molar-refractivity contribution is 9.13. The van der Waals surface area contributed by atoms with Crippen LogP contribution >= 0.6 is 31.9 Å². The van der Waals surface area contributed by atoms with Crippen LogP contribution in [0.5, 0.6) is 5.88 Å². The molecular formula is C15H16Br2N2O2. The molecule has 4 nitrogen and oxygen atoms in total. The van der Waals surface area contributed by atoms with Crippen molar-refractivity contribution < 1.29 is 9.47 Å². The van der Waals surface area contributed by atoms with Crippen LogP contribution in [0.3, 0.4) is 0 Å². The molecule has 2 aromatic rings. The molecule has 0 bridgehead atoms. The minimum Gasteiger partial charge on any atom is -0.475 e. The van der Waals surface area contributed by atoms with Crippen LogP contribution in [0, 0.1) is 0 Å². The number of rotatable bonds is 7. The topological polar surface area (TPSA) is 43.4 Å². The summed E-state index contributed by atoms with van der Waals surface area (Å²) in [5.74, 6) is 0.601. The number of anilines is 1. The van der Waals surface area contributed by atoms with Crippen molar-refractivity contribution >= 4 is 37.5 Å². The van der Waals surface area contributed by atoms with Crippen LogP contribution in [-0.2, 0) is 11.3 Å². The van der Waals surface area contributed by atoms with E-state index in [1.165, 1.54) is 5.56 Å². The SMILES string of the molecule is COCCOc1ccc(NCc2ccc(Br)c(Br)c2)cn1. The zero-order chi connectivity index (χ0) is 15.1. The highest BCUT2D eigenvalue weighted by atomic mass is 79.9. The van der Waals surface area contributed by atoms with E-state index in [-0.39, 0.29) is 0 Å². The summed E-state index contributed by atoms with van der Waals surface area (Å²) in [5.41, 5.74) is 2.14. The Morgan fingerprint density at radius 1 is 1.10 bits per heavy atom. The lowest BCUT2D eigenvalue weighted by Crippen LogP contribution is -2.05. The van der Waals surface area contributed by atoms with Gasteiger partial charge in [-0.25, -0.2) is 4.98 Å². The van der Waals surface area contributed by atoms with E-state index in [0.717, 1.165) is 21.2 Å². The predicted molar refractivity (Wildman–Crippen MR) is 90.8 cm³/mol. The summed E-state index contributed by atoms with van der Waals surface area (Å²) in [6, 6.07) is 9.95. The van der Waals surface area contributed by atoms with Crippen LogP contribution in [0.4, 0.5) is 5.69 Å². The van der Waals surface area contributed by atoms with Crippen molar-refractivity contribution in [1.82, 2.24) is 4.98 Å². The summed E-state index contributed by atoms with van der Waals surface area (Å²) in [5, 5.41) is 3.32. The van der Waals surface area contributed by atoms with Crippen LogP contribution in [-0.4, -0.2) is 25.3 Å². The maximum Gasteiger partial charge on any atom is 0.213 e. The van der Waals surface area contributed by atoms with Gasteiger partial charge in [-0.15, -0.1) is 0 Å². The number of hydrogen-bond donors (Lipinski definition) is 1. The fourth-order valence-electron chi connectivity index (χ4n) is 1.65. The van der Waals surface area contributed by atoms with E-state index in [9.17, 15) is 0 Å². The first-order valence-electron chi connectivity index (χ1n) is 6.44. The number of benzene rings is 1. The molecular weight excluding hydrogens is 400 g/mol. The first-order valence-corrected chi connectivity index (χ1v) is 8.03. The first kappa shape index (κ1) is 16.3. The lowest BCUT2D eigenvalue weighted by molar-refractivity contribution is 0.144. The molecule has 0 amide bonds. The summed E-state index contributed by atoms with van der Waals surface area (Å²) >= 11 is 6.96. The van der Waals surface area contributed by atoms with Gasteiger partial charge in [0.2, 0.25) is 5.88 Å². The normalized spacial score (nSPS) is 10.4. The van der Waals surface area contributed by atoms with Crippen molar-refractivity contribution in [1.29, 1.82) is 0 Å². The van der Waals surface area contributed by atoms with Gasteiger partial charge in [-0.3, -0.25) is 0 Å². The van der Waals surface area contributed by atoms with Crippen molar-refractivity contribution in [2.75, 3.05) is 25.6 Å². The van der Waals surface area contributed by atoms with Gasteiger partial charge in [0, 0.05) is 28.7 Å². The Kier molecular flexibility index (Phi) is 6.48. The van der Waals surface area contributed by atoms with Crippen LogP contribution < -0.4 is 10.1 Å². The number of methoxy groups -OCH3 is 1. The molecule has 0 atom stereocenters. The zero-order valence-corrected chi connectivity index (χ0v) is 14.8. The minimum absolute atomic E-state index is 0.503. The number of aromatic nitrogens is 1. The lowest BCUT2D eigenvalue weighted by Gasteiger charge is -2.09. The van der Waals surface area contributed by atoms with Crippen molar-refractivity contribution in [3.63, 3.8) is 0 Å². The summed E-state index contributed by atoms with van der Waals surface area (Å²) in [4.78, 5) is 4.24. The number of nitrogens with zero attached hydrogens (tertiary/aromatic N) is 1. The Balaban J connectivity index is 1.86. The first-order chi connectivity index (χ1) is 10.2. The van der Waals surface area contributed by atoms with Crippen molar-refractivity contribution in [2.24, 2.45) is 0 Å². The minimum atomic E-state index is 0.503. The van der Waals surface area contributed by atoms with Crippen LogP contribution in [0.25, 0.3) is 0 Å². The van der Waals surface area contributed by atoms with Crippen molar-refractivity contribution in [2.45, 2.75) is 6.54 Å². The maximum absolute atomic E-state index is 5.42. The maximum atomic E-state index is 5.42. The molecule has 0 spiro atoms. The average molecular weight is 416 g/mol. The van der Waals surface area contributed by atoms with Gasteiger partial charge in [0.25, 0.3) is 0 Å². The van der Waals surface area contributed by atoms with Gasteiger partial charge in [0.15, 0.2) is 0 Å². The van der Waals surface area contributed by atoms with Gasteiger partial charge in [-0.1, -0.05) is 6.07 Å². The molecule has 1 heterocycles. The van der Waals surface area contributed by atoms with Gasteiger partial charge in [-0.2, -0.15) is 0 Å². The molecule has 0 saturated carbocycles. The second-order valence-corrected chi connectivity index (χ2v) is 6.04. The molecule has 0 unspecified atom stereocenters. The molecule has 1 N–H and O–H groups in total. The van der Waals surface area contributed by atoms with E-state index in [1.807, 2.05) is 18.2 Å². The lowest BCUT2D eigenvalue weighted by atomic mass is 10.2. The fourth-order valence-corrected chi connectivity index (χ4v) is 2.33. The zero-order valence-electron chi connectivity index (χ0n) is 11.6. The van der Waals surface area contributed by atoms with E-state index >= 15 is 0 Å². The Hall–Kier alpha value is -1.11. The van der Waals surface area contributed by atoms with E-state index < -0.39 is 0 Å². The Bertz CT molecular complexity index is 576. The van der Waals surface area contributed by atoms with Gasteiger partial charge in [0.05, 0.1) is 18.5 Å². The number of nitrogens with one attached hydrogen (secondary N) is 1. The fraction of sp³-hybridized carbons (Fsp3) is 0.267. The monoisotopic (exact) mass is 414 g/mol. The molecule has 112 valence electrons. The van der Waals surface area contributed by atoms with Gasteiger partial charge in [-0.05, 0) is 55.6 Å². The highest BCUT2D eigenvalue weighted by Gasteiger charge is 2.00. The number of halogens is 2. The van der Waals surface area contributed by atoms with Crippen LogP contribution in [0.1, 0.15) is 5.56 Å². The van der Waals surface area contributed by atoms with E-state index in [0.29, 0.717) is 19.1 Å². The molecule has 21 heavy (non-hydrogen) atoms. The quantitative estimate of drug-likeness (QED) is 0.686. The second kappa shape index (κ2) is 8.36. The third-order valence-corrected chi connectivity index (χ3v) is 4.63. The molecule has 2 rings (SSSR count). The van der Waals surface area contributed by atoms with E-state index in [2.05, 4.69) is 54.3 Å². The standard InChI is InChI=1S/C15H16Br2N2O2/c1-20-6-7-21-15-5-3-12(10-19-15)18-9-11-2-4-13(16)14(17)8-11/h2-5,8,10,18H,6-7,9H2,1H3. The summed E-state index contributed by atoms with van der Waals surface area (Å²) in [6.07, 6.45) is 1.76. The molecule has 0 aliphatic heterocycles. The molecule has 0 aliphatic rings. The number of pyridine rings is 1. The van der Waals surface area contributed by atoms with Gasteiger partial charge < -0.3 is 14.8 Å². The highest BCUT2D eigenvalue weighted by Crippen LogP contribution is 2.24. The Labute approximate surface area is 141 Å². The van der Waals surface area contributed by atoms with Crippen LogP contribution in [0.2, 0.25) is 0 Å². The van der Waals surface area contributed by atoms with E-state index in [4.69, 9.17) is 9.47 Å². The van der Waals surface area contributed by atoms with Crippen molar-refractivity contribution in [3.8, 4) is 5.88 Å². The summed E-state index contributed by atoms with van der Waals surface area (Å²) in [7, 11) is 1.64. The number of ether oxygens (including phenoxy) is 2. The predicted octanol–water partition coefficient (Wildman–Crippen LogP) is 4.24. The summed E-state index contributed by atoms with van der Waals surface area (Å²) in [6.45, 7) is 1.79. The van der Waals surface area contributed by atoms with Gasteiger partial charge in [0.1, 0.15) is 6.61 Å². The number of hydrogen-bond acceptors (Lipinski definition) is 4. The van der Waals surface area contributed by atoms with E-state index in [1.54, 1.807) is 13.3 Å². The van der Waals surface area contributed by atoms with Crippen LogP contribution in [0.15, 0.2) is 45.5 Å². The molecule has 0 saturated heterocycles.